The predicted molar refractivity (Wildman–Crippen MR) is 152 cm³/mol. The van der Waals surface area contributed by atoms with Gasteiger partial charge in [-0.05, 0) is 69.4 Å². The van der Waals surface area contributed by atoms with E-state index in [1.54, 1.807) is 36.6 Å². The number of hydrogen-bond donors (Lipinski definition) is 1. The Morgan fingerprint density at radius 2 is 2.03 bits per heavy atom. The zero-order valence-electron chi connectivity index (χ0n) is 22.4. The van der Waals surface area contributed by atoms with Crippen molar-refractivity contribution in [2.75, 3.05) is 13.6 Å². The normalized spacial score (nSPS) is 18.2. The molecule has 6 nitrogen and oxygen atoms in total. The van der Waals surface area contributed by atoms with Gasteiger partial charge in [-0.2, -0.15) is 0 Å². The lowest BCUT2D eigenvalue weighted by Crippen LogP contribution is -2.48. The second kappa shape index (κ2) is 11.6. The number of ether oxygens (including phenoxy) is 1. The third kappa shape index (κ3) is 6.19. The number of aryl methyl sites for hydroxylation is 1. The Kier molecular flexibility index (Phi) is 8.43. The van der Waals surface area contributed by atoms with E-state index in [9.17, 15) is 9.18 Å². The number of hydrogen-bond acceptors (Lipinski definition) is 6. The topological polar surface area (TPSA) is 80.8 Å². The van der Waals surface area contributed by atoms with Crippen molar-refractivity contribution >= 4 is 28.9 Å². The average Bonchev–Trinajstić information content (AvgIpc) is 3.55. The zero-order chi connectivity index (χ0) is 27.4. The Morgan fingerprint density at radius 1 is 1.32 bits per heavy atom. The second-order valence-corrected chi connectivity index (χ2v) is 11.0. The van der Waals surface area contributed by atoms with Crippen LogP contribution in [0.25, 0.3) is 5.76 Å². The summed E-state index contributed by atoms with van der Waals surface area (Å²) in [5, 5.41) is 2.93. The third-order valence-electron chi connectivity index (χ3n) is 6.74. The number of halogens is 1. The molecule has 0 spiro atoms. The number of aromatic nitrogens is 1. The van der Waals surface area contributed by atoms with E-state index in [1.807, 2.05) is 54.5 Å². The van der Waals surface area contributed by atoms with E-state index in [2.05, 4.69) is 16.6 Å². The smallest absolute Gasteiger partial charge is 0.254 e. The van der Waals surface area contributed by atoms with E-state index in [-0.39, 0.29) is 17.7 Å². The van der Waals surface area contributed by atoms with E-state index >= 15 is 0 Å². The third-order valence-corrected chi connectivity index (χ3v) is 7.81. The fourth-order valence-corrected chi connectivity index (χ4v) is 5.75. The minimum Gasteiger partial charge on any atom is -0.441 e. The number of likely N-dealkylation sites (tertiary alicyclic amines) is 1. The van der Waals surface area contributed by atoms with E-state index in [1.165, 1.54) is 6.92 Å². The van der Waals surface area contributed by atoms with Crippen molar-refractivity contribution in [3.63, 3.8) is 0 Å². The van der Waals surface area contributed by atoms with Gasteiger partial charge in [-0.15, -0.1) is 11.3 Å². The molecule has 2 unspecified atom stereocenters. The maximum atomic E-state index is 14.6. The SMILES string of the molecule is C=C(OC(=NC)C(C)(N)Cc1ccccc1)c1cc(C(=O)N2CCC[C@@H]2c2nc(C)cs2)cc(C(C)F)c1. The minimum absolute atomic E-state index is 0.0784. The molecule has 0 radical (unpaired) electrons. The fourth-order valence-electron chi connectivity index (χ4n) is 4.81. The highest BCUT2D eigenvalue weighted by atomic mass is 32.1. The molecule has 0 bridgehead atoms. The zero-order valence-corrected chi connectivity index (χ0v) is 23.2. The molecule has 1 aromatic heterocycles. The summed E-state index contributed by atoms with van der Waals surface area (Å²) in [6.45, 7) is 9.95. The monoisotopic (exact) mass is 534 g/mol. The van der Waals surface area contributed by atoms with Gasteiger partial charge in [0.1, 0.15) is 16.9 Å². The summed E-state index contributed by atoms with van der Waals surface area (Å²) in [5.74, 6) is 0.395. The Balaban J connectivity index is 1.59. The van der Waals surface area contributed by atoms with E-state index in [0.717, 1.165) is 29.1 Å². The molecular weight excluding hydrogens is 499 g/mol. The van der Waals surface area contributed by atoms with Crippen LogP contribution in [-0.4, -0.2) is 40.8 Å². The van der Waals surface area contributed by atoms with Crippen molar-refractivity contribution in [2.24, 2.45) is 10.7 Å². The Morgan fingerprint density at radius 3 is 2.66 bits per heavy atom. The Labute approximate surface area is 228 Å². The van der Waals surface area contributed by atoms with Crippen LogP contribution in [0, 0.1) is 6.92 Å². The Bertz CT molecular complexity index is 1330. The molecule has 200 valence electrons. The van der Waals surface area contributed by atoms with E-state index in [4.69, 9.17) is 10.5 Å². The van der Waals surface area contributed by atoms with Gasteiger partial charge < -0.3 is 15.4 Å². The van der Waals surface area contributed by atoms with Crippen molar-refractivity contribution in [2.45, 2.75) is 57.8 Å². The lowest BCUT2D eigenvalue weighted by atomic mass is 9.93. The number of amides is 1. The summed E-state index contributed by atoms with van der Waals surface area (Å²) in [5.41, 5.74) is 8.98. The van der Waals surface area contributed by atoms with Crippen molar-refractivity contribution in [3.05, 3.63) is 93.4 Å². The molecule has 0 saturated carbocycles. The highest BCUT2D eigenvalue weighted by Crippen LogP contribution is 2.36. The van der Waals surface area contributed by atoms with Gasteiger partial charge in [-0.1, -0.05) is 36.9 Å². The predicted octanol–water partition coefficient (Wildman–Crippen LogP) is 6.44. The molecule has 2 heterocycles. The van der Waals surface area contributed by atoms with Crippen LogP contribution in [0.15, 0.2) is 65.5 Å². The highest BCUT2D eigenvalue weighted by Gasteiger charge is 2.33. The number of alkyl halides is 1. The van der Waals surface area contributed by atoms with Gasteiger partial charge in [-0.25, -0.2) is 9.37 Å². The van der Waals surface area contributed by atoms with Crippen molar-refractivity contribution in [1.82, 2.24) is 9.88 Å². The first-order valence-corrected chi connectivity index (χ1v) is 13.7. The van der Waals surface area contributed by atoms with Crippen LogP contribution in [0.4, 0.5) is 4.39 Å². The van der Waals surface area contributed by atoms with Crippen molar-refractivity contribution in [1.29, 1.82) is 0 Å². The van der Waals surface area contributed by atoms with Crippen LogP contribution in [0.1, 0.15) is 76.7 Å². The van der Waals surface area contributed by atoms with Gasteiger partial charge in [0.2, 0.25) is 5.90 Å². The number of carbonyl (C=O) groups excluding carboxylic acids is 1. The van der Waals surface area contributed by atoms with Crippen LogP contribution >= 0.6 is 11.3 Å². The maximum absolute atomic E-state index is 14.6. The standard InChI is InChI=1S/C30H35FN4O2S/c1-19-18-38-27(34-19)26-12-9-13-35(26)28(36)25-15-23(20(2)31)14-24(16-25)21(3)37-29(33-5)30(4,32)17-22-10-7-6-8-11-22/h6-8,10-11,14-16,18,20,26H,3,9,12-13,17,32H2,1-2,4-5H3/t20?,26-,30?/m1/s1. The first-order chi connectivity index (χ1) is 18.1. The number of nitrogens with two attached hydrogens (primary N) is 1. The maximum Gasteiger partial charge on any atom is 0.254 e. The van der Waals surface area contributed by atoms with Crippen molar-refractivity contribution < 1.29 is 13.9 Å². The van der Waals surface area contributed by atoms with Gasteiger partial charge >= 0.3 is 0 Å². The van der Waals surface area contributed by atoms with E-state index in [0.29, 0.717) is 35.6 Å². The molecule has 3 aromatic rings. The van der Waals surface area contributed by atoms with Gasteiger partial charge in [0.15, 0.2) is 0 Å². The minimum atomic E-state index is -1.28. The number of thiazole rings is 1. The number of rotatable bonds is 8. The highest BCUT2D eigenvalue weighted by molar-refractivity contribution is 7.09. The molecule has 1 amide bonds. The average molecular weight is 535 g/mol. The molecule has 1 aliphatic rings. The molecule has 38 heavy (non-hydrogen) atoms. The molecule has 1 saturated heterocycles. The summed E-state index contributed by atoms with van der Waals surface area (Å²) < 4.78 is 20.6. The molecule has 1 aliphatic heterocycles. The van der Waals surface area contributed by atoms with Crippen LogP contribution in [0.5, 0.6) is 0 Å². The molecule has 1 fully saturated rings. The molecular formula is C30H35FN4O2S. The summed E-state index contributed by atoms with van der Waals surface area (Å²) >= 11 is 1.57. The summed E-state index contributed by atoms with van der Waals surface area (Å²) in [7, 11) is 1.61. The van der Waals surface area contributed by atoms with Gasteiger partial charge in [0.05, 0.1) is 11.6 Å². The van der Waals surface area contributed by atoms with Crippen LogP contribution < -0.4 is 5.73 Å². The number of aliphatic imine (C=N–C) groups is 1. The molecule has 2 N–H and O–H groups in total. The summed E-state index contributed by atoms with van der Waals surface area (Å²) in [4.78, 5) is 24.4. The Hall–Kier alpha value is -3.36. The molecule has 0 aliphatic carbocycles. The number of benzene rings is 2. The summed E-state index contributed by atoms with van der Waals surface area (Å²) in [6, 6.07) is 14.8. The second-order valence-electron chi connectivity index (χ2n) is 10.1. The molecule has 2 aromatic carbocycles. The van der Waals surface area contributed by atoms with Crippen LogP contribution in [0.2, 0.25) is 0 Å². The van der Waals surface area contributed by atoms with Gasteiger partial charge in [0.25, 0.3) is 5.91 Å². The fraction of sp³-hybridized carbons (Fsp3) is 0.367. The lowest BCUT2D eigenvalue weighted by molar-refractivity contribution is 0.0735. The van der Waals surface area contributed by atoms with Crippen LogP contribution in [-0.2, 0) is 11.2 Å². The number of carbonyl (C=O) groups is 1. The first kappa shape index (κ1) is 27.7. The first-order valence-electron chi connectivity index (χ1n) is 12.8. The summed E-state index contributed by atoms with van der Waals surface area (Å²) in [6.07, 6.45) is 0.977. The molecule has 4 rings (SSSR count). The van der Waals surface area contributed by atoms with Gasteiger partial charge in [-0.3, -0.25) is 9.79 Å². The molecule has 8 heteroatoms. The van der Waals surface area contributed by atoms with Crippen molar-refractivity contribution in [3.8, 4) is 0 Å². The van der Waals surface area contributed by atoms with Gasteiger partial charge in [0, 0.05) is 35.8 Å². The largest absolute Gasteiger partial charge is 0.441 e. The molecule has 3 atom stereocenters. The van der Waals surface area contributed by atoms with Crippen LogP contribution in [0.3, 0.4) is 0 Å². The quantitative estimate of drug-likeness (QED) is 0.205. The lowest BCUT2D eigenvalue weighted by Gasteiger charge is -2.27. The van der Waals surface area contributed by atoms with E-state index < -0.39 is 11.7 Å². The number of nitrogens with zero attached hydrogens (tertiary/aromatic N) is 3.